The lowest BCUT2D eigenvalue weighted by atomic mass is 10.3. The van der Waals surface area contributed by atoms with Gasteiger partial charge in [-0.05, 0) is 19.8 Å². The van der Waals surface area contributed by atoms with Crippen LogP contribution in [0, 0.1) is 0 Å². The summed E-state index contributed by atoms with van der Waals surface area (Å²) in [6, 6.07) is 0. The van der Waals surface area contributed by atoms with Crippen LogP contribution < -0.4 is 16.6 Å². The molecule has 9 heteroatoms. The van der Waals surface area contributed by atoms with Crippen molar-refractivity contribution in [1.29, 1.82) is 0 Å². The molecule has 0 spiro atoms. The number of nitrogens with one attached hydrogen (secondary N) is 2. The fourth-order valence-corrected chi connectivity index (χ4v) is 2.88. The number of likely N-dealkylation sites (tertiary alicyclic amines) is 1. The van der Waals surface area contributed by atoms with Crippen LogP contribution in [0.5, 0.6) is 0 Å². The van der Waals surface area contributed by atoms with Gasteiger partial charge in [-0.25, -0.2) is 4.98 Å². The fraction of sp³-hybridized carbons (Fsp3) is 0.571. The van der Waals surface area contributed by atoms with Gasteiger partial charge in [0, 0.05) is 26.1 Å². The van der Waals surface area contributed by atoms with Gasteiger partial charge in [-0.2, -0.15) is 4.98 Å². The van der Waals surface area contributed by atoms with Crippen molar-refractivity contribution >= 4 is 23.0 Å². The molecule has 4 N–H and O–H groups in total. The molecule has 1 fully saturated rings. The van der Waals surface area contributed by atoms with Crippen molar-refractivity contribution < 1.29 is 4.79 Å². The number of hydrogen-bond acceptors (Lipinski definition) is 6. The highest BCUT2D eigenvalue weighted by Gasteiger charge is 2.19. The molecule has 2 aromatic heterocycles. The van der Waals surface area contributed by atoms with E-state index >= 15 is 0 Å². The van der Waals surface area contributed by atoms with Gasteiger partial charge in [0.05, 0.1) is 12.5 Å². The van der Waals surface area contributed by atoms with E-state index in [1.54, 1.807) is 4.57 Å². The number of rotatable bonds is 5. The lowest BCUT2D eigenvalue weighted by Crippen LogP contribution is -2.45. The number of nitrogens with two attached hydrogens (primary N) is 1. The number of anilines is 1. The molecule has 3 rings (SSSR count). The van der Waals surface area contributed by atoms with Gasteiger partial charge in [-0.15, -0.1) is 0 Å². The Morgan fingerprint density at radius 1 is 1.48 bits per heavy atom. The highest BCUT2D eigenvalue weighted by Crippen LogP contribution is 2.10. The Balaban J connectivity index is 1.62. The third-order valence-electron chi connectivity index (χ3n) is 4.13. The summed E-state index contributed by atoms with van der Waals surface area (Å²) in [4.78, 5) is 36.6. The van der Waals surface area contributed by atoms with Crippen LogP contribution in [0.15, 0.2) is 11.1 Å². The number of imidazole rings is 1. The Kier molecular flexibility index (Phi) is 4.28. The van der Waals surface area contributed by atoms with Crippen LogP contribution in [-0.4, -0.2) is 49.6 Å². The molecule has 2 aromatic rings. The van der Waals surface area contributed by atoms with E-state index in [0.29, 0.717) is 12.2 Å². The number of fused-ring (bicyclic) bond motifs is 1. The van der Waals surface area contributed by atoms with Crippen LogP contribution in [0.2, 0.25) is 0 Å². The molecule has 0 aromatic carbocycles. The molecule has 1 unspecified atom stereocenters. The smallest absolute Gasteiger partial charge is 0.280 e. The van der Waals surface area contributed by atoms with E-state index in [2.05, 4.69) is 25.2 Å². The lowest BCUT2D eigenvalue weighted by Gasteiger charge is -2.24. The molecule has 23 heavy (non-hydrogen) atoms. The zero-order chi connectivity index (χ0) is 16.4. The predicted molar refractivity (Wildman–Crippen MR) is 85.6 cm³/mol. The molecular weight excluding hydrogens is 298 g/mol. The Morgan fingerprint density at radius 3 is 2.96 bits per heavy atom. The standard InChI is InChI=1S/C14H21N7O2/c1-9(20-5-2-3-6-20)17-10(22)4-7-21-8-16-11-12(21)18-14(15)19-13(11)23/h8-9H,2-7H2,1H3,(H,17,22)(H3,15,18,19,23). The third-order valence-corrected chi connectivity index (χ3v) is 4.13. The molecule has 0 saturated carbocycles. The molecule has 1 atom stereocenters. The maximum Gasteiger partial charge on any atom is 0.280 e. The largest absolute Gasteiger partial charge is 0.369 e. The van der Waals surface area contributed by atoms with E-state index in [4.69, 9.17) is 5.73 Å². The van der Waals surface area contributed by atoms with E-state index in [1.807, 2.05) is 6.92 Å². The van der Waals surface area contributed by atoms with Crippen molar-refractivity contribution in [1.82, 2.24) is 29.7 Å². The van der Waals surface area contributed by atoms with Gasteiger partial charge in [-0.3, -0.25) is 19.5 Å². The normalized spacial score (nSPS) is 16.7. The molecule has 1 aliphatic heterocycles. The van der Waals surface area contributed by atoms with Crippen LogP contribution >= 0.6 is 0 Å². The maximum atomic E-state index is 12.1. The summed E-state index contributed by atoms with van der Waals surface area (Å²) in [7, 11) is 0. The van der Waals surface area contributed by atoms with E-state index in [9.17, 15) is 9.59 Å². The Morgan fingerprint density at radius 2 is 2.22 bits per heavy atom. The van der Waals surface area contributed by atoms with Gasteiger partial charge < -0.3 is 15.6 Å². The number of aromatic nitrogens is 4. The van der Waals surface area contributed by atoms with Gasteiger partial charge in [0.25, 0.3) is 5.56 Å². The zero-order valence-corrected chi connectivity index (χ0v) is 13.1. The summed E-state index contributed by atoms with van der Waals surface area (Å²) in [5.74, 6) is 0.000389. The first-order valence-corrected chi connectivity index (χ1v) is 7.78. The Hall–Kier alpha value is -2.42. The molecular formula is C14H21N7O2. The van der Waals surface area contributed by atoms with Gasteiger partial charge in [0.2, 0.25) is 11.9 Å². The van der Waals surface area contributed by atoms with Crippen molar-refractivity contribution in [2.45, 2.75) is 38.9 Å². The molecule has 1 saturated heterocycles. The van der Waals surface area contributed by atoms with Crippen LogP contribution in [0.1, 0.15) is 26.2 Å². The van der Waals surface area contributed by atoms with Gasteiger partial charge in [-0.1, -0.05) is 0 Å². The highest BCUT2D eigenvalue weighted by atomic mass is 16.2. The van der Waals surface area contributed by atoms with Gasteiger partial charge >= 0.3 is 0 Å². The lowest BCUT2D eigenvalue weighted by molar-refractivity contribution is -0.123. The fourth-order valence-electron chi connectivity index (χ4n) is 2.88. The minimum atomic E-state index is -0.377. The SMILES string of the molecule is CC(NC(=O)CCn1cnc2c(=O)[nH]c(N)nc21)N1CCCC1. The number of H-pyrrole nitrogens is 1. The second-order valence-corrected chi connectivity index (χ2v) is 5.80. The van der Waals surface area contributed by atoms with E-state index in [-0.39, 0.29) is 35.5 Å². The molecule has 3 heterocycles. The van der Waals surface area contributed by atoms with Crippen LogP contribution in [0.25, 0.3) is 11.2 Å². The first kappa shape index (κ1) is 15.5. The Bertz CT molecular complexity index is 760. The van der Waals surface area contributed by atoms with Crippen molar-refractivity contribution in [3.63, 3.8) is 0 Å². The number of aromatic amines is 1. The minimum Gasteiger partial charge on any atom is -0.369 e. The topological polar surface area (TPSA) is 122 Å². The maximum absolute atomic E-state index is 12.1. The van der Waals surface area contributed by atoms with Crippen molar-refractivity contribution in [3.05, 3.63) is 16.7 Å². The first-order valence-electron chi connectivity index (χ1n) is 7.78. The van der Waals surface area contributed by atoms with Crippen molar-refractivity contribution in [2.24, 2.45) is 0 Å². The summed E-state index contributed by atoms with van der Waals surface area (Å²) >= 11 is 0. The van der Waals surface area contributed by atoms with Gasteiger partial charge in [0.15, 0.2) is 11.2 Å². The van der Waals surface area contributed by atoms with Crippen molar-refractivity contribution in [2.75, 3.05) is 18.8 Å². The number of amides is 1. The molecule has 1 amide bonds. The third kappa shape index (κ3) is 3.34. The number of aryl methyl sites for hydroxylation is 1. The number of nitrogens with zero attached hydrogens (tertiary/aromatic N) is 4. The van der Waals surface area contributed by atoms with Crippen molar-refractivity contribution in [3.8, 4) is 0 Å². The van der Waals surface area contributed by atoms with Crippen LogP contribution in [-0.2, 0) is 11.3 Å². The summed E-state index contributed by atoms with van der Waals surface area (Å²) in [5, 5.41) is 3.00. The van der Waals surface area contributed by atoms with E-state index in [1.165, 1.54) is 19.2 Å². The first-order chi connectivity index (χ1) is 11.0. The second kappa shape index (κ2) is 6.37. The monoisotopic (exact) mass is 319 g/mol. The quantitative estimate of drug-likeness (QED) is 0.692. The Labute approximate surface area is 132 Å². The average Bonchev–Trinajstić information content (AvgIpc) is 3.14. The zero-order valence-electron chi connectivity index (χ0n) is 13.1. The van der Waals surface area contributed by atoms with Crippen LogP contribution in [0.3, 0.4) is 0 Å². The highest BCUT2D eigenvalue weighted by molar-refractivity contribution is 5.76. The molecule has 124 valence electrons. The predicted octanol–water partition coefficient (Wildman–Crippen LogP) is -0.350. The molecule has 0 aliphatic carbocycles. The number of nitrogen functional groups attached to an aromatic ring is 1. The molecule has 0 bridgehead atoms. The van der Waals surface area contributed by atoms with E-state index < -0.39 is 0 Å². The molecule has 9 nitrogen and oxygen atoms in total. The average molecular weight is 319 g/mol. The van der Waals surface area contributed by atoms with Crippen LogP contribution in [0.4, 0.5) is 5.95 Å². The second-order valence-electron chi connectivity index (χ2n) is 5.80. The molecule has 0 radical (unpaired) electrons. The summed E-state index contributed by atoms with van der Waals surface area (Å²) in [5.41, 5.74) is 5.80. The van der Waals surface area contributed by atoms with E-state index in [0.717, 1.165) is 13.1 Å². The number of hydrogen-bond donors (Lipinski definition) is 3. The number of carbonyl (C=O) groups is 1. The number of carbonyl (C=O) groups excluding carboxylic acids is 1. The summed E-state index contributed by atoms with van der Waals surface area (Å²) in [6.07, 6.45) is 4.20. The minimum absolute atomic E-state index is 0.0379. The van der Waals surface area contributed by atoms with Gasteiger partial charge in [0.1, 0.15) is 0 Å². The summed E-state index contributed by atoms with van der Waals surface area (Å²) < 4.78 is 1.67. The summed E-state index contributed by atoms with van der Waals surface area (Å²) in [6.45, 7) is 4.45. The molecule has 1 aliphatic rings.